The standard InChI is InChI=1S/O3Si.3O.Sn.Ti/c1-4(2)3;;;;;/q-2;;2*-1;;+4. The summed E-state index contributed by atoms with van der Waals surface area (Å²) in [7, 11) is -3.63. The summed E-state index contributed by atoms with van der Waals surface area (Å²) in [6.07, 6.45) is 0. The van der Waals surface area contributed by atoms with Crippen molar-refractivity contribution in [1.29, 1.82) is 0 Å². The van der Waals surface area contributed by atoms with E-state index in [-0.39, 0.29) is 21.7 Å². The van der Waals surface area contributed by atoms with Crippen molar-refractivity contribution in [3.8, 4) is 0 Å². The summed E-state index contributed by atoms with van der Waals surface area (Å²) in [4.78, 5) is 17.0. The van der Waals surface area contributed by atoms with Crippen LogP contribution in [0.2, 0.25) is 0 Å². The van der Waals surface area contributed by atoms with Crippen LogP contribution in [0, 0.1) is 0 Å². The van der Waals surface area contributed by atoms with Gasteiger partial charge in [0.15, 0.2) is 0 Å². The molecule has 6 nitrogen and oxygen atoms in total. The summed E-state index contributed by atoms with van der Waals surface area (Å²) < 4.78 is 34.4. The fraction of sp³-hybridized carbons (Fsp3) is 0. The molecule has 0 amide bonds. The fourth-order valence-corrected chi connectivity index (χ4v) is 0. The van der Waals surface area contributed by atoms with E-state index in [1.165, 1.54) is 0 Å². The Balaban J connectivity index is -0.0000000720. The first-order valence-electron chi connectivity index (χ1n) is 1.22. The van der Waals surface area contributed by atoms with Gasteiger partial charge in [0.05, 0.1) is 0 Å². The van der Waals surface area contributed by atoms with Gasteiger partial charge in [0, 0.05) is 9.17 Å². The second-order valence-electron chi connectivity index (χ2n) is 0.500. The molecule has 0 saturated carbocycles. The van der Waals surface area contributed by atoms with Crippen LogP contribution in [0.15, 0.2) is 0 Å². The molecule has 0 saturated heterocycles. The summed E-state index contributed by atoms with van der Waals surface area (Å²) in [5, 5.41) is 0. The second kappa shape index (κ2) is 11.6. The Labute approximate surface area is 75.1 Å². The van der Waals surface area contributed by atoms with Gasteiger partial charge >= 0.3 is 52.3 Å². The SMILES string of the molecule is O=[Si]([O-])[O-].[O]=[Sn]([O-])[O-].[Ti+4]. The largest absolute Gasteiger partial charge is 4.00 e. The van der Waals surface area contributed by atoms with Crippen LogP contribution < -0.4 is 16.5 Å². The van der Waals surface area contributed by atoms with Gasteiger partial charge < -0.3 is 14.1 Å². The van der Waals surface area contributed by atoms with E-state index in [1.807, 2.05) is 0 Å². The topological polar surface area (TPSA) is 126 Å². The summed E-state index contributed by atoms with van der Waals surface area (Å²) in [6.45, 7) is 0. The average Bonchev–Trinajstić information content (AvgIpc) is 1.25. The Morgan fingerprint density at radius 2 is 1.22 bits per heavy atom. The van der Waals surface area contributed by atoms with Gasteiger partial charge in [0.1, 0.15) is 0 Å². The molecule has 9 heteroatoms. The Kier molecular flexibility index (Phi) is 21.2. The van der Waals surface area contributed by atoms with Gasteiger partial charge in [0.2, 0.25) is 0 Å². The van der Waals surface area contributed by atoms with Crippen LogP contribution >= 0.6 is 0 Å². The van der Waals surface area contributed by atoms with E-state index < -0.39 is 29.7 Å². The second-order valence-corrected chi connectivity index (χ2v) is 2.43. The number of rotatable bonds is 0. The van der Waals surface area contributed by atoms with Gasteiger partial charge in [-0.05, 0) is 0 Å². The summed E-state index contributed by atoms with van der Waals surface area (Å²) in [6, 6.07) is 0. The quantitative estimate of drug-likeness (QED) is 0.409. The third-order valence-electron chi connectivity index (χ3n) is 0. The zero-order valence-corrected chi connectivity index (χ0v) is 9.37. The van der Waals surface area contributed by atoms with Gasteiger partial charge in [-0.3, -0.25) is 0 Å². The zero-order valence-electron chi connectivity index (χ0n) is 3.95. The van der Waals surface area contributed by atoms with E-state index >= 15 is 0 Å². The van der Waals surface area contributed by atoms with Gasteiger partial charge in [-0.15, -0.1) is 0 Å². The molecule has 0 aliphatic rings. The molecule has 0 fully saturated rings. The third-order valence-corrected chi connectivity index (χ3v) is 0. The van der Waals surface area contributed by atoms with Crippen molar-refractivity contribution in [3.05, 3.63) is 0 Å². The number of hydrogen-bond acceptors (Lipinski definition) is 6. The van der Waals surface area contributed by atoms with Crippen LogP contribution in [0.4, 0.5) is 0 Å². The molecule has 0 heterocycles. The van der Waals surface area contributed by atoms with Gasteiger partial charge in [-0.25, -0.2) is 0 Å². The maximum atomic E-state index is 8.61. The molecule has 0 unspecified atom stereocenters. The molecule has 0 radical (unpaired) electrons. The van der Waals surface area contributed by atoms with Gasteiger partial charge in [-0.2, -0.15) is 0 Å². The Bertz CT molecular complexity index is 71.1. The van der Waals surface area contributed by atoms with E-state index in [1.54, 1.807) is 0 Å². The van der Waals surface area contributed by atoms with E-state index in [2.05, 4.69) is 0 Å². The predicted molar refractivity (Wildman–Crippen MR) is 12.9 cm³/mol. The van der Waals surface area contributed by atoms with Crippen molar-refractivity contribution < 1.29 is 45.7 Å². The molecule has 0 aliphatic heterocycles. The van der Waals surface area contributed by atoms with Gasteiger partial charge in [0.25, 0.3) is 0 Å². The van der Waals surface area contributed by atoms with Crippen LogP contribution in [0.1, 0.15) is 0 Å². The van der Waals surface area contributed by atoms with Crippen LogP contribution in [0.3, 0.4) is 0 Å². The minimum Gasteiger partial charge on any atom is 4.00 e. The zero-order chi connectivity index (χ0) is 7.15. The molecule has 48 valence electrons. The van der Waals surface area contributed by atoms with Crippen molar-refractivity contribution in [2.45, 2.75) is 0 Å². The molecule has 0 aromatic rings. The molecular formula is O6SiSnTi. The molecule has 0 rings (SSSR count). The van der Waals surface area contributed by atoms with Crippen molar-refractivity contribution in [2.75, 3.05) is 0 Å². The molecule has 0 aromatic heterocycles. The van der Waals surface area contributed by atoms with E-state index in [9.17, 15) is 0 Å². The molecule has 0 aromatic carbocycles. The summed E-state index contributed by atoms with van der Waals surface area (Å²) in [5.41, 5.74) is 0. The molecule has 0 spiro atoms. The summed E-state index contributed by atoms with van der Waals surface area (Å²) in [5.74, 6) is 0. The maximum Gasteiger partial charge on any atom is 4.00 e. The molecular weight excluding hydrogens is 291 g/mol. The molecule has 0 atom stereocenters. The fourth-order valence-electron chi connectivity index (χ4n) is 0. The Morgan fingerprint density at radius 3 is 1.22 bits per heavy atom. The third kappa shape index (κ3) is 575. The first-order valence-corrected chi connectivity index (χ1v) is 5.95. The van der Waals surface area contributed by atoms with E-state index in [0.29, 0.717) is 0 Å². The molecule has 0 bridgehead atoms. The average molecular weight is 291 g/mol. The molecule has 9 heavy (non-hydrogen) atoms. The normalized spacial score (nSPS) is 5.56. The molecule has 0 aliphatic carbocycles. The Hall–Kier alpha value is 0.850. The van der Waals surface area contributed by atoms with Crippen LogP contribution in [-0.2, 0) is 29.3 Å². The maximum absolute atomic E-state index is 8.61. The summed E-state index contributed by atoms with van der Waals surface area (Å²) >= 11 is -4.29. The number of hydrogen-bond donors (Lipinski definition) is 0. The minimum absolute atomic E-state index is 0. The van der Waals surface area contributed by atoms with Crippen molar-refractivity contribution in [2.24, 2.45) is 0 Å². The Morgan fingerprint density at radius 1 is 1.22 bits per heavy atom. The van der Waals surface area contributed by atoms with Crippen LogP contribution in [-0.4, -0.2) is 29.7 Å². The minimum atomic E-state index is -4.29. The van der Waals surface area contributed by atoms with Crippen molar-refractivity contribution in [3.63, 3.8) is 0 Å². The van der Waals surface area contributed by atoms with Crippen molar-refractivity contribution >= 4 is 29.7 Å². The van der Waals surface area contributed by atoms with E-state index in [0.717, 1.165) is 0 Å². The first kappa shape index (κ1) is 16.4. The van der Waals surface area contributed by atoms with Crippen LogP contribution in [0.25, 0.3) is 0 Å². The van der Waals surface area contributed by atoms with Gasteiger partial charge in [-0.1, -0.05) is 0 Å². The van der Waals surface area contributed by atoms with Crippen LogP contribution in [0.5, 0.6) is 0 Å². The first-order chi connectivity index (χ1) is 3.46. The smallest absolute Gasteiger partial charge is 4.00 e. The molecule has 0 N–H and O–H groups in total. The predicted octanol–water partition coefficient (Wildman–Crippen LogP) is -5.76. The van der Waals surface area contributed by atoms with E-state index in [4.69, 9.17) is 24.0 Å². The monoisotopic (exact) mass is 292 g/mol. The van der Waals surface area contributed by atoms with Crippen molar-refractivity contribution in [1.82, 2.24) is 0 Å².